The molecule has 0 saturated carbocycles. The van der Waals surface area contributed by atoms with Crippen molar-refractivity contribution in [2.24, 2.45) is 0 Å². The van der Waals surface area contributed by atoms with Gasteiger partial charge >= 0.3 is 0 Å². The Bertz CT molecular complexity index is 618. The molecule has 1 nitrogen and oxygen atoms in total. The van der Waals surface area contributed by atoms with E-state index in [-0.39, 0.29) is 11.1 Å². The van der Waals surface area contributed by atoms with E-state index in [0.29, 0.717) is 11.1 Å². The van der Waals surface area contributed by atoms with Gasteiger partial charge in [-0.3, -0.25) is 0 Å². The summed E-state index contributed by atoms with van der Waals surface area (Å²) in [7, 11) is 0. The topological polar surface area (TPSA) is 17.1 Å². The summed E-state index contributed by atoms with van der Waals surface area (Å²) in [5, 5.41) is 0. The Morgan fingerprint density at radius 2 is 1.58 bits per heavy atom. The third kappa shape index (κ3) is 2.16. The average molecular weight is 260 g/mol. The zero-order valence-corrected chi connectivity index (χ0v) is 10.8. The average Bonchev–Trinajstić information content (AvgIpc) is 2.60. The molecule has 1 aliphatic carbocycles. The summed E-state index contributed by atoms with van der Waals surface area (Å²) in [6, 6.07) is 11.8. The summed E-state index contributed by atoms with van der Waals surface area (Å²) in [4.78, 5) is 8.81. The summed E-state index contributed by atoms with van der Waals surface area (Å²) < 4.78 is 28.1. The minimum absolute atomic E-state index is 0.121. The molecule has 3 heteroatoms. The highest BCUT2D eigenvalue weighted by Gasteiger charge is 2.43. The zero-order chi connectivity index (χ0) is 14.0. The van der Waals surface area contributed by atoms with E-state index < -0.39 is 5.92 Å². The fourth-order valence-corrected chi connectivity index (χ4v) is 2.29. The summed E-state index contributed by atoms with van der Waals surface area (Å²) in [5.41, 5.74) is 2.58. The standard InChI is InChI=1S/C14H10F2.C2H4O/c1-9-6-7-13-11(8-9)10-4-2-3-5-12(10)14(13,15)16;1-2-3/h2-8H,1H3;2H,1H3. The van der Waals surface area contributed by atoms with Gasteiger partial charge in [0, 0.05) is 11.1 Å². The van der Waals surface area contributed by atoms with E-state index in [0.717, 1.165) is 11.8 Å². The van der Waals surface area contributed by atoms with Crippen LogP contribution in [0.25, 0.3) is 11.1 Å². The maximum Gasteiger partial charge on any atom is 0.299 e. The van der Waals surface area contributed by atoms with Crippen LogP contribution in [0.4, 0.5) is 8.78 Å². The van der Waals surface area contributed by atoms with Gasteiger partial charge in [0.15, 0.2) is 0 Å². The number of aldehydes is 1. The molecule has 98 valence electrons. The number of aryl methyl sites for hydroxylation is 1. The van der Waals surface area contributed by atoms with Gasteiger partial charge in [0.25, 0.3) is 5.92 Å². The molecule has 0 saturated heterocycles. The molecule has 0 fully saturated rings. The monoisotopic (exact) mass is 260 g/mol. The summed E-state index contributed by atoms with van der Waals surface area (Å²) >= 11 is 0. The molecule has 0 aromatic heterocycles. The predicted molar refractivity (Wildman–Crippen MR) is 71.3 cm³/mol. The molecule has 0 unspecified atom stereocenters. The third-order valence-electron chi connectivity index (χ3n) is 3.07. The minimum Gasteiger partial charge on any atom is -0.304 e. The summed E-state index contributed by atoms with van der Waals surface area (Å²) in [6.07, 6.45) is 0.750. The number of alkyl halides is 2. The van der Waals surface area contributed by atoms with Crippen LogP contribution in [0.3, 0.4) is 0 Å². The Labute approximate surface area is 110 Å². The number of fused-ring (bicyclic) bond motifs is 3. The van der Waals surface area contributed by atoms with Crippen molar-refractivity contribution >= 4 is 6.29 Å². The highest BCUT2D eigenvalue weighted by Crippen LogP contribution is 2.50. The molecule has 0 bridgehead atoms. The summed E-state index contributed by atoms with van der Waals surface area (Å²) in [6.45, 7) is 3.36. The normalized spacial score (nSPS) is 13.9. The molecule has 2 aromatic rings. The molecule has 0 heterocycles. The molecule has 0 atom stereocenters. The number of carbonyl (C=O) groups is 1. The van der Waals surface area contributed by atoms with Crippen LogP contribution < -0.4 is 0 Å². The van der Waals surface area contributed by atoms with Crippen molar-refractivity contribution in [3.63, 3.8) is 0 Å². The highest BCUT2D eigenvalue weighted by molar-refractivity contribution is 5.79. The first-order valence-electron chi connectivity index (χ1n) is 6.01. The van der Waals surface area contributed by atoms with Crippen LogP contribution in [0, 0.1) is 6.92 Å². The second-order valence-electron chi connectivity index (χ2n) is 4.40. The number of benzene rings is 2. The quantitative estimate of drug-likeness (QED) is 0.645. The minimum atomic E-state index is -2.85. The van der Waals surface area contributed by atoms with Crippen LogP contribution in [0.15, 0.2) is 42.5 Å². The molecule has 0 spiro atoms. The Hall–Kier alpha value is -2.03. The van der Waals surface area contributed by atoms with Gasteiger partial charge in [0.2, 0.25) is 0 Å². The molecule has 19 heavy (non-hydrogen) atoms. The maximum atomic E-state index is 14.1. The largest absolute Gasteiger partial charge is 0.304 e. The first kappa shape index (κ1) is 13.4. The van der Waals surface area contributed by atoms with Crippen LogP contribution in [0.5, 0.6) is 0 Å². The number of hydrogen-bond acceptors (Lipinski definition) is 1. The maximum absolute atomic E-state index is 14.1. The first-order chi connectivity index (χ1) is 9.02. The van der Waals surface area contributed by atoms with Crippen LogP contribution in [0.2, 0.25) is 0 Å². The van der Waals surface area contributed by atoms with Gasteiger partial charge in [-0.05, 0) is 25.0 Å². The molecule has 0 aliphatic heterocycles. The number of carbonyl (C=O) groups excluding carboxylic acids is 1. The Morgan fingerprint density at radius 1 is 1.00 bits per heavy atom. The van der Waals surface area contributed by atoms with Gasteiger partial charge in [-0.2, -0.15) is 8.78 Å². The van der Waals surface area contributed by atoms with E-state index in [2.05, 4.69) is 0 Å². The lowest BCUT2D eigenvalue weighted by Gasteiger charge is -2.11. The molecule has 0 amide bonds. The third-order valence-corrected chi connectivity index (χ3v) is 3.07. The smallest absolute Gasteiger partial charge is 0.299 e. The van der Waals surface area contributed by atoms with Crippen LogP contribution in [-0.2, 0) is 10.7 Å². The van der Waals surface area contributed by atoms with Crippen LogP contribution in [-0.4, -0.2) is 6.29 Å². The lowest BCUT2D eigenvalue weighted by molar-refractivity contribution is -0.106. The molecule has 0 N–H and O–H groups in total. The van der Waals surface area contributed by atoms with Gasteiger partial charge in [-0.1, -0.05) is 48.0 Å². The molecular formula is C16H14F2O. The molecule has 3 rings (SSSR count). The van der Waals surface area contributed by atoms with Gasteiger partial charge in [0.05, 0.1) is 0 Å². The van der Waals surface area contributed by atoms with Crippen molar-refractivity contribution in [2.75, 3.05) is 0 Å². The predicted octanol–water partition coefficient (Wildman–Crippen LogP) is 4.32. The van der Waals surface area contributed by atoms with Gasteiger partial charge < -0.3 is 4.79 Å². The van der Waals surface area contributed by atoms with E-state index >= 15 is 0 Å². The SMILES string of the molecule is CC=O.Cc1ccc2c(c1)-c1ccccc1C2(F)F. The number of rotatable bonds is 0. The fourth-order valence-electron chi connectivity index (χ4n) is 2.29. The van der Waals surface area contributed by atoms with E-state index in [4.69, 9.17) is 4.79 Å². The summed E-state index contributed by atoms with van der Waals surface area (Å²) in [5.74, 6) is -2.85. The molecule has 2 aromatic carbocycles. The van der Waals surface area contributed by atoms with Gasteiger partial charge in [0.1, 0.15) is 6.29 Å². The van der Waals surface area contributed by atoms with Crippen molar-refractivity contribution in [3.8, 4) is 11.1 Å². The van der Waals surface area contributed by atoms with Gasteiger partial charge in [-0.15, -0.1) is 0 Å². The van der Waals surface area contributed by atoms with Crippen LogP contribution >= 0.6 is 0 Å². The van der Waals surface area contributed by atoms with Crippen molar-refractivity contribution in [1.29, 1.82) is 0 Å². The fraction of sp³-hybridized carbons (Fsp3) is 0.188. The van der Waals surface area contributed by atoms with Crippen molar-refractivity contribution < 1.29 is 13.6 Å². The van der Waals surface area contributed by atoms with E-state index in [9.17, 15) is 8.78 Å². The van der Waals surface area contributed by atoms with E-state index in [1.54, 1.807) is 24.3 Å². The molecule has 1 aliphatic rings. The Kier molecular flexibility index (Phi) is 3.47. The molecule has 0 radical (unpaired) electrons. The Morgan fingerprint density at radius 3 is 2.26 bits per heavy atom. The van der Waals surface area contributed by atoms with E-state index in [1.165, 1.54) is 19.1 Å². The van der Waals surface area contributed by atoms with Crippen molar-refractivity contribution in [1.82, 2.24) is 0 Å². The second-order valence-corrected chi connectivity index (χ2v) is 4.40. The van der Waals surface area contributed by atoms with Crippen LogP contribution in [0.1, 0.15) is 23.6 Å². The lowest BCUT2D eigenvalue weighted by atomic mass is 10.0. The number of halogens is 2. The van der Waals surface area contributed by atoms with Crippen molar-refractivity contribution in [3.05, 3.63) is 59.2 Å². The Balaban J connectivity index is 0.000000408. The van der Waals surface area contributed by atoms with E-state index in [1.807, 2.05) is 13.0 Å². The zero-order valence-electron chi connectivity index (χ0n) is 10.8. The van der Waals surface area contributed by atoms with Gasteiger partial charge in [-0.25, -0.2) is 0 Å². The van der Waals surface area contributed by atoms with Crippen molar-refractivity contribution in [2.45, 2.75) is 19.8 Å². The second kappa shape index (κ2) is 4.92. The highest BCUT2D eigenvalue weighted by atomic mass is 19.3. The molecular weight excluding hydrogens is 246 g/mol. The first-order valence-corrected chi connectivity index (χ1v) is 6.01. The lowest BCUT2D eigenvalue weighted by Crippen LogP contribution is -2.10. The number of hydrogen-bond donors (Lipinski definition) is 0.